The molecule has 1 aromatic carbocycles. The number of hydrogen-bond acceptors (Lipinski definition) is 5. The molecule has 2 aliphatic rings. The number of hydrogen-bond donors (Lipinski definition) is 0. The molecule has 6 heteroatoms. The Balaban J connectivity index is 1.50. The van der Waals surface area contributed by atoms with E-state index in [4.69, 9.17) is 9.47 Å². The maximum absolute atomic E-state index is 6.20. The van der Waals surface area contributed by atoms with Crippen LogP contribution in [0.1, 0.15) is 31.1 Å². The van der Waals surface area contributed by atoms with Gasteiger partial charge in [-0.15, -0.1) is 0 Å². The molecule has 0 spiro atoms. The summed E-state index contributed by atoms with van der Waals surface area (Å²) in [6.07, 6.45) is 2.63. The Morgan fingerprint density at radius 1 is 1.30 bits per heavy atom. The molecule has 0 N–H and O–H groups in total. The van der Waals surface area contributed by atoms with E-state index in [2.05, 4.69) is 27.9 Å². The monoisotopic (exact) mass is 379 g/mol. The van der Waals surface area contributed by atoms with Gasteiger partial charge in [0.1, 0.15) is 0 Å². The summed E-state index contributed by atoms with van der Waals surface area (Å²) in [6.45, 7) is 8.30. The Morgan fingerprint density at radius 2 is 2.13 bits per heavy atom. The SMILES string of the molecule is CC1(C)Oc2cc(OCCN3CCCC3)ccc2-c2nn[se]c21. The summed E-state index contributed by atoms with van der Waals surface area (Å²) < 4.78 is 17.6. The predicted molar refractivity (Wildman–Crippen MR) is 89.2 cm³/mol. The minimum absolute atomic E-state index is 0.0570. The molecule has 0 aliphatic carbocycles. The van der Waals surface area contributed by atoms with Gasteiger partial charge < -0.3 is 0 Å². The van der Waals surface area contributed by atoms with E-state index in [1.807, 2.05) is 18.2 Å². The Kier molecular flexibility index (Phi) is 3.91. The molecule has 5 nitrogen and oxygen atoms in total. The fraction of sp³-hybridized carbons (Fsp3) is 0.529. The number of ether oxygens (including phenoxy) is 2. The predicted octanol–water partition coefficient (Wildman–Crippen LogP) is 2.30. The minimum atomic E-state index is -0.333. The van der Waals surface area contributed by atoms with Gasteiger partial charge in [-0.05, 0) is 0 Å². The van der Waals surface area contributed by atoms with Crippen LogP contribution in [0.3, 0.4) is 0 Å². The Bertz CT molecular complexity index is 708. The van der Waals surface area contributed by atoms with Crippen LogP contribution >= 0.6 is 0 Å². The van der Waals surface area contributed by atoms with Gasteiger partial charge in [0.05, 0.1) is 0 Å². The van der Waals surface area contributed by atoms with Gasteiger partial charge in [0, 0.05) is 0 Å². The molecule has 2 aromatic rings. The van der Waals surface area contributed by atoms with E-state index in [0.29, 0.717) is 0 Å². The van der Waals surface area contributed by atoms with Crippen LogP contribution in [0.15, 0.2) is 18.2 Å². The van der Waals surface area contributed by atoms with Crippen LogP contribution in [0.5, 0.6) is 11.5 Å². The van der Waals surface area contributed by atoms with Crippen molar-refractivity contribution in [3.05, 3.63) is 22.6 Å². The van der Waals surface area contributed by atoms with E-state index in [-0.39, 0.29) is 20.3 Å². The summed E-state index contributed by atoms with van der Waals surface area (Å²) in [5.41, 5.74) is 1.70. The molecule has 0 atom stereocenters. The van der Waals surface area contributed by atoms with Crippen molar-refractivity contribution in [2.75, 3.05) is 26.2 Å². The normalized spacial score (nSPS) is 19.0. The number of fused-ring (bicyclic) bond motifs is 3. The Hall–Kier alpha value is -1.36. The van der Waals surface area contributed by atoms with Crippen molar-refractivity contribution in [1.29, 1.82) is 0 Å². The van der Waals surface area contributed by atoms with Crippen LogP contribution in [0.25, 0.3) is 11.3 Å². The van der Waals surface area contributed by atoms with Gasteiger partial charge in [0.2, 0.25) is 0 Å². The van der Waals surface area contributed by atoms with Crippen molar-refractivity contribution in [3.8, 4) is 22.8 Å². The van der Waals surface area contributed by atoms with E-state index in [1.54, 1.807) is 0 Å². The van der Waals surface area contributed by atoms with Crippen LogP contribution in [0.4, 0.5) is 0 Å². The second-order valence-corrected chi connectivity index (χ2v) is 8.20. The van der Waals surface area contributed by atoms with Crippen LogP contribution < -0.4 is 9.47 Å². The van der Waals surface area contributed by atoms with E-state index < -0.39 is 0 Å². The Morgan fingerprint density at radius 3 is 2.96 bits per heavy atom. The van der Waals surface area contributed by atoms with Gasteiger partial charge in [-0.1, -0.05) is 0 Å². The van der Waals surface area contributed by atoms with Crippen LogP contribution in [0.2, 0.25) is 0 Å². The molecule has 1 fully saturated rings. The molecule has 122 valence electrons. The van der Waals surface area contributed by atoms with E-state index >= 15 is 0 Å². The molecule has 0 unspecified atom stereocenters. The van der Waals surface area contributed by atoms with Crippen molar-refractivity contribution in [2.24, 2.45) is 0 Å². The number of rotatable bonds is 4. The third-order valence-electron chi connectivity index (χ3n) is 4.48. The molecule has 3 heterocycles. The Labute approximate surface area is 142 Å². The van der Waals surface area contributed by atoms with Gasteiger partial charge >= 0.3 is 142 Å². The summed E-state index contributed by atoms with van der Waals surface area (Å²) in [5, 5.41) is 4.34. The second kappa shape index (κ2) is 5.93. The molecule has 2 aliphatic heterocycles. The zero-order valence-electron chi connectivity index (χ0n) is 13.5. The van der Waals surface area contributed by atoms with Crippen LogP contribution in [0, 0.1) is 0 Å². The van der Waals surface area contributed by atoms with Gasteiger partial charge in [-0.3, -0.25) is 0 Å². The zero-order valence-corrected chi connectivity index (χ0v) is 15.3. The van der Waals surface area contributed by atoms with Gasteiger partial charge in [-0.25, -0.2) is 0 Å². The quantitative estimate of drug-likeness (QED) is 0.765. The van der Waals surface area contributed by atoms with E-state index in [9.17, 15) is 0 Å². The molecular formula is C17H21N3O2Se. The zero-order chi connectivity index (χ0) is 15.9. The summed E-state index contributed by atoms with van der Waals surface area (Å²) in [5.74, 6) is 1.72. The average Bonchev–Trinajstić information content (AvgIpc) is 3.18. The van der Waals surface area contributed by atoms with E-state index in [0.717, 1.165) is 35.9 Å². The molecule has 0 radical (unpaired) electrons. The van der Waals surface area contributed by atoms with E-state index in [1.165, 1.54) is 30.4 Å². The van der Waals surface area contributed by atoms with Gasteiger partial charge in [0.15, 0.2) is 0 Å². The van der Waals surface area contributed by atoms with Crippen LogP contribution in [-0.4, -0.2) is 55.1 Å². The first-order chi connectivity index (χ1) is 11.1. The standard InChI is InChI=1S/C17H21N3O2Se/c1-17(2)16-15(18-19-23-16)13-6-5-12(11-14(13)22-17)21-10-9-20-7-3-4-8-20/h5-6,11H,3-4,7-10H2,1-2H3. The van der Waals surface area contributed by atoms with Crippen molar-refractivity contribution in [1.82, 2.24) is 14.1 Å². The summed E-state index contributed by atoms with van der Waals surface area (Å²) in [4.78, 5) is 2.45. The van der Waals surface area contributed by atoms with Crippen molar-refractivity contribution < 1.29 is 9.47 Å². The van der Waals surface area contributed by atoms with Crippen LogP contribution in [-0.2, 0) is 5.60 Å². The second-order valence-electron chi connectivity index (χ2n) is 6.62. The molecule has 0 amide bonds. The fourth-order valence-electron chi connectivity index (χ4n) is 3.25. The number of aromatic nitrogens is 2. The topological polar surface area (TPSA) is 47.5 Å². The maximum atomic E-state index is 6.20. The molecule has 23 heavy (non-hydrogen) atoms. The third-order valence-corrected chi connectivity index (χ3v) is 6.65. The molecule has 0 bridgehead atoms. The molecule has 1 aromatic heterocycles. The fourth-order valence-corrected chi connectivity index (χ4v) is 4.73. The van der Waals surface area contributed by atoms with Crippen molar-refractivity contribution in [2.45, 2.75) is 32.3 Å². The summed E-state index contributed by atoms with van der Waals surface area (Å²) >= 11 is 0.0570. The van der Waals surface area contributed by atoms with Gasteiger partial charge in [0.25, 0.3) is 0 Å². The number of nitrogens with zero attached hydrogens (tertiary/aromatic N) is 3. The first-order valence-electron chi connectivity index (χ1n) is 8.15. The molecular weight excluding hydrogens is 357 g/mol. The summed E-state index contributed by atoms with van der Waals surface area (Å²) in [7, 11) is 0. The molecule has 4 rings (SSSR count). The molecule has 1 saturated heterocycles. The average molecular weight is 378 g/mol. The summed E-state index contributed by atoms with van der Waals surface area (Å²) in [6, 6.07) is 6.05. The van der Waals surface area contributed by atoms with Crippen molar-refractivity contribution in [3.63, 3.8) is 0 Å². The van der Waals surface area contributed by atoms with Crippen molar-refractivity contribution >= 4 is 14.7 Å². The first kappa shape index (κ1) is 15.2. The number of likely N-dealkylation sites (tertiary alicyclic amines) is 1. The molecule has 0 saturated carbocycles. The number of benzene rings is 1. The first-order valence-corrected chi connectivity index (χ1v) is 9.77. The third kappa shape index (κ3) is 2.91. The van der Waals surface area contributed by atoms with Gasteiger partial charge in [-0.2, -0.15) is 0 Å².